The van der Waals surface area contributed by atoms with Gasteiger partial charge in [-0.1, -0.05) is 49.2 Å². The second-order valence-electron chi connectivity index (χ2n) is 11.6. The lowest BCUT2D eigenvalue weighted by molar-refractivity contribution is -0.137. The van der Waals surface area contributed by atoms with Crippen LogP contribution in [0.15, 0.2) is 61.1 Å². The summed E-state index contributed by atoms with van der Waals surface area (Å²) < 4.78 is 7.31. The van der Waals surface area contributed by atoms with E-state index >= 15 is 0 Å². The van der Waals surface area contributed by atoms with Crippen molar-refractivity contribution in [3.63, 3.8) is 0 Å². The van der Waals surface area contributed by atoms with E-state index in [1.807, 2.05) is 69.9 Å². The Kier molecular flexibility index (Phi) is 9.85. The molecule has 3 atom stereocenters. The van der Waals surface area contributed by atoms with Crippen LogP contribution in [0.2, 0.25) is 5.02 Å². The third-order valence-corrected chi connectivity index (χ3v) is 9.11. The van der Waals surface area contributed by atoms with Crippen LogP contribution in [0.25, 0.3) is 0 Å². The first-order chi connectivity index (χ1) is 20.4. The highest BCUT2D eigenvalue weighted by molar-refractivity contribution is 6.30. The first-order valence-corrected chi connectivity index (χ1v) is 15.4. The molecule has 0 N–H and O–H groups in total. The number of likely N-dealkylation sites (N-methyl/N-ethyl adjacent to an activating group) is 1. The molecule has 0 radical (unpaired) electrons. The average molecular weight is 592 g/mol. The van der Waals surface area contributed by atoms with Gasteiger partial charge in [-0.15, -0.1) is 0 Å². The third-order valence-electron chi connectivity index (χ3n) is 8.87. The molecule has 9 heteroatoms. The molecule has 8 nitrogen and oxygen atoms in total. The minimum absolute atomic E-state index is 0.111. The second-order valence-corrected chi connectivity index (χ2v) is 12.1. The largest absolute Gasteiger partial charge is 0.497 e. The number of rotatable bonds is 11. The zero-order chi connectivity index (χ0) is 29.6. The Morgan fingerprint density at radius 2 is 1.90 bits per heavy atom. The second kappa shape index (κ2) is 13.7. The van der Waals surface area contributed by atoms with Gasteiger partial charge in [0.15, 0.2) is 0 Å². The molecule has 2 fully saturated rings. The lowest BCUT2D eigenvalue weighted by Gasteiger charge is -2.34. The number of aromatic nitrogens is 2. The van der Waals surface area contributed by atoms with Crippen LogP contribution in [0.1, 0.15) is 49.4 Å². The first kappa shape index (κ1) is 30.1. The van der Waals surface area contributed by atoms with Crippen molar-refractivity contribution in [3.8, 4) is 5.75 Å². The van der Waals surface area contributed by atoms with Crippen molar-refractivity contribution in [2.24, 2.45) is 5.92 Å². The van der Waals surface area contributed by atoms with E-state index in [9.17, 15) is 9.59 Å². The van der Waals surface area contributed by atoms with E-state index in [4.69, 9.17) is 16.3 Å². The summed E-state index contributed by atoms with van der Waals surface area (Å²) in [5.74, 6) is 1.41. The fraction of sp³-hybridized carbons (Fsp3) is 0.485. The number of ether oxygens (including phenoxy) is 1. The number of amides is 2. The Hall–Kier alpha value is -3.36. The summed E-state index contributed by atoms with van der Waals surface area (Å²) >= 11 is 6.18. The summed E-state index contributed by atoms with van der Waals surface area (Å²) in [6.45, 7) is 5.72. The molecule has 2 aromatic carbocycles. The molecule has 0 spiro atoms. The van der Waals surface area contributed by atoms with E-state index in [-0.39, 0.29) is 23.9 Å². The Morgan fingerprint density at radius 1 is 1.10 bits per heavy atom. The molecule has 42 heavy (non-hydrogen) atoms. The van der Waals surface area contributed by atoms with Crippen LogP contribution < -0.4 is 4.74 Å². The monoisotopic (exact) mass is 591 g/mol. The maximum atomic E-state index is 13.8. The number of carbonyl (C=O) groups excluding carboxylic acids is 2. The van der Waals surface area contributed by atoms with Crippen molar-refractivity contribution in [2.75, 3.05) is 33.8 Å². The lowest BCUT2D eigenvalue weighted by atomic mass is 9.96. The Balaban J connectivity index is 1.22. The Bertz CT molecular complexity index is 1360. The van der Waals surface area contributed by atoms with Gasteiger partial charge in [-0.3, -0.25) is 14.5 Å². The van der Waals surface area contributed by atoms with E-state index in [0.29, 0.717) is 30.5 Å². The lowest BCUT2D eigenvalue weighted by Crippen LogP contribution is -2.51. The van der Waals surface area contributed by atoms with Crippen LogP contribution in [-0.4, -0.2) is 81.9 Å². The number of hydrogen-bond donors (Lipinski definition) is 0. The molecular weight excluding hydrogens is 550 g/mol. The van der Waals surface area contributed by atoms with E-state index in [1.54, 1.807) is 19.6 Å². The number of benzene rings is 2. The maximum absolute atomic E-state index is 13.8. The zero-order valence-corrected chi connectivity index (χ0v) is 25.7. The fourth-order valence-corrected chi connectivity index (χ4v) is 6.79. The fourth-order valence-electron chi connectivity index (χ4n) is 6.58. The van der Waals surface area contributed by atoms with Crippen molar-refractivity contribution in [3.05, 3.63) is 82.9 Å². The maximum Gasteiger partial charge on any atom is 0.240 e. The molecule has 3 heterocycles. The van der Waals surface area contributed by atoms with Crippen LogP contribution in [0.3, 0.4) is 0 Å². The van der Waals surface area contributed by atoms with E-state index in [1.165, 1.54) is 0 Å². The number of imidazole rings is 1. The SMILES string of the molecule is CC[C@H]1CCN(C[C@@H]2CCCN2C(=O)Cc2cncn2Cc2ccc(OC)cc2)[C@@H]1C(=O)N(C)Cc1cccc(Cl)c1. The Labute approximate surface area is 254 Å². The van der Waals surface area contributed by atoms with Crippen LogP contribution in [0.5, 0.6) is 5.75 Å². The predicted octanol–water partition coefficient (Wildman–Crippen LogP) is 4.89. The van der Waals surface area contributed by atoms with Gasteiger partial charge in [0, 0.05) is 56.2 Å². The molecule has 5 rings (SSSR count). The van der Waals surface area contributed by atoms with Crippen LogP contribution in [0.4, 0.5) is 0 Å². The summed E-state index contributed by atoms with van der Waals surface area (Å²) in [6, 6.07) is 15.6. The number of halogens is 1. The number of carbonyl (C=O) groups is 2. The molecule has 0 saturated carbocycles. The van der Waals surface area contributed by atoms with Gasteiger partial charge in [-0.05, 0) is 67.1 Å². The summed E-state index contributed by atoms with van der Waals surface area (Å²) in [5, 5.41) is 0.678. The van der Waals surface area contributed by atoms with E-state index in [2.05, 4.69) is 16.8 Å². The summed E-state index contributed by atoms with van der Waals surface area (Å²) in [6.07, 6.45) is 7.81. The van der Waals surface area contributed by atoms with Crippen molar-refractivity contribution < 1.29 is 14.3 Å². The first-order valence-electron chi connectivity index (χ1n) is 15.0. The van der Waals surface area contributed by atoms with Crippen molar-refractivity contribution in [1.82, 2.24) is 24.3 Å². The van der Waals surface area contributed by atoms with Gasteiger partial charge in [0.25, 0.3) is 0 Å². The molecule has 0 aliphatic carbocycles. The van der Waals surface area contributed by atoms with E-state index in [0.717, 1.165) is 67.9 Å². The molecule has 0 bridgehead atoms. The normalized spacial score (nSPS) is 20.7. The molecular formula is C33H42ClN5O3. The molecule has 3 aromatic rings. The third kappa shape index (κ3) is 6.98. The molecule has 224 valence electrons. The average Bonchev–Trinajstić information content (AvgIpc) is 3.74. The van der Waals surface area contributed by atoms with Crippen LogP contribution >= 0.6 is 11.6 Å². The topological polar surface area (TPSA) is 70.9 Å². The number of likely N-dealkylation sites (tertiary alicyclic amines) is 2. The van der Waals surface area contributed by atoms with Gasteiger partial charge in [-0.2, -0.15) is 0 Å². The number of methoxy groups -OCH3 is 1. The molecule has 0 unspecified atom stereocenters. The van der Waals surface area contributed by atoms with Gasteiger partial charge in [0.1, 0.15) is 5.75 Å². The van der Waals surface area contributed by atoms with Gasteiger partial charge < -0.3 is 19.1 Å². The highest BCUT2D eigenvalue weighted by Gasteiger charge is 2.42. The molecule has 2 aliphatic heterocycles. The number of hydrogen-bond acceptors (Lipinski definition) is 5. The smallest absolute Gasteiger partial charge is 0.240 e. The van der Waals surface area contributed by atoms with Gasteiger partial charge in [-0.25, -0.2) is 4.98 Å². The molecule has 2 aliphatic rings. The summed E-state index contributed by atoms with van der Waals surface area (Å²) in [4.78, 5) is 38.0. The van der Waals surface area contributed by atoms with Crippen molar-refractivity contribution in [2.45, 2.75) is 64.2 Å². The minimum Gasteiger partial charge on any atom is -0.497 e. The highest BCUT2D eigenvalue weighted by atomic mass is 35.5. The van der Waals surface area contributed by atoms with Crippen LogP contribution in [0, 0.1) is 5.92 Å². The molecule has 2 saturated heterocycles. The van der Waals surface area contributed by atoms with Gasteiger partial charge >= 0.3 is 0 Å². The quantitative estimate of drug-likeness (QED) is 0.318. The van der Waals surface area contributed by atoms with Crippen LogP contribution in [-0.2, 0) is 29.1 Å². The minimum atomic E-state index is -0.164. The molecule has 2 amide bonds. The van der Waals surface area contributed by atoms with Gasteiger partial charge in [0.2, 0.25) is 11.8 Å². The Morgan fingerprint density at radius 3 is 2.64 bits per heavy atom. The standard InChI is InChI=1S/C33H42ClN5O3/c1-4-26-14-16-37(32(26)33(41)36(2)20-25-7-5-8-27(34)17-25)22-28-9-6-15-39(28)31(40)18-29-19-35-23-38(29)21-24-10-12-30(42-3)13-11-24/h5,7-8,10-13,17,19,23,26,28,32H,4,6,9,14-16,18,20-22H2,1-3H3/t26-,28-,32-/m0/s1. The van der Waals surface area contributed by atoms with E-state index < -0.39 is 0 Å². The predicted molar refractivity (Wildman–Crippen MR) is 164 cm³/mol. The van der Waals surface area contributed by atoms with Crippen molar-refractivity contribution >= 4 is 23.4 Å². The highest BCUT2D eigenvalue weighted by Crippen LogP contribution is 2.31. The summed E-state index contributed by atoms with van der Waals surface area (Å²) in [5.41, 5.74) is 3.05. The zero-order valence-electron chi connectivity index (χ0n) is 24.9. The number of nitrogens with zero attached hydrogens (tertiary/aromatic N) is 5. The molecule has 1 aromatic heterocycles. The van der Waals surface area contributed by atoms with Crippen molar-refractivity contribution in [1.29, 1.82) is 0 Å². The summed E-state index contributed by atoms with van der Waals surface area (Å²) in [7, 11) is 3.54. The van der Waals surface area contributed by atoms with Gasteiger partial charge in [0.05, 0.1) is 25.9 Å².